The van der Waals surface area contributed by atoms with Gasteiger partial charge in [-0.3, -0.25) is 0 Å². The first-order valence-corrected chi connectivity index (χ1v) is 9.82. The van der Waals surface area contributed by atoms with Crippen LogP contribution in [0.2, 0.25) is 0 Å². The van der Waals surface area contributed by atoms with Crippen LogP contribution in [0, 0.1) is 5.82 Å². The summed E-state index contributed by atoms with van der Waals surface area (Å²) in [6.07, 6.45) is 0. The average Bonchev–Trinajstić information content (AvgIpc) is 3.15. The van der Waals surface area contributed by atoms with Gasteiger partial charge in [-0.05, 0) is 63.0 Å². The van der Waals surface area contributed by atoms with E-state index in [1.807, 2.05) is 76.2 Å². The van der Waals surface area contributed by atoms with E-state index in [1.165, 1.54) is 6.07 Å². The molecule has 5 heteroatoms. The Bertz CT molecular complexity index is 1230. The third kappa shape index (κ3) is 2.88. The van der Waals surface area contributed by atoms with Crippen molar-refractivity contribution in [1.82, 2.24) is 0 Å². The van der Waals surface area contributed by atoms with E-state index in [0.717, 1.165) is 33.0 Å². The van der Waals surface area contributed by atoms with Crippen molar-refractivity contribution in [3.63, 3.8) is 0 Å². The van der Waals surface area contributed by atoms with Gasteiger partial charge >= 0.3 is 7.12 Å². The minimum absolute atomic E-state index is 0.280. The molecule has 0 radical (unpaired) electrons. The number of para-hydroxylation sites is 1. The summed E-state index contributed by atoms with van der Waals surface area (Å²) in [5.74, 6) is -0.280. The van der Waals surface area contributed by atoms with Crippen LogP contribution in [0.25, 0.3) is 33.1 Å². The number of furan rings is 1. The van der Waals surface area contributed by atoms with Crippen LogP contribution in [0.3, 0.4) is 0 Å². The molecule has 3 nitrogen and oxygen atoms in total. The highest BCUT2D eigenvalue weighted by Crippen LogP contribution is 2.37. The van der Waals surface area contributed by atoms with Crippen LogP contribution in [0.15, 0.2) is 65.1 Å². The highest BCUT2D eigenvalue weighted by molar-refractivity contribution is 6.62. The van der Waals surface area contributed by atoms with Crippen molar-refractivity contribution in [3.8, 4) is 11.1 Å². The van der Waals surface area contributed by atoms with Gasteiger partial charge in [0.1, 0.15) is 17.0 Å². The van der Waals surface area contributed by atoms with E-state index in [4.69, 9.17) is 13.7 Å². The summed E-state index contributed by atoms with van der Waals surface area (Å²) >= 11 is 0. The molecule has 29 heavy (non-hydrogen) atoms. The second kappa shape index (κ2) is 6.18. The van der Waals surface area contributed by atoms with Gasteiger partial charge in [-0.2, -0.15) is 0 Å². The molecule has 3 aromatic carbocycles. The Kier molecular flexibility index (Phi) is 3.93. The number of hydrogen-bond acceptors (Lipinski definition) is 3. The van der Waals surface area contributed by atoms with Gasteiger partial charge in [0, 0.05) is 16.3 Å². The number of hydrogen-bond donors (Lipinski definition) is 0. The molecule has 1 aromatic heterocycles. The lowest BCUT2D eigenvalue weighted by atomic mass is 9.78. The fourth-order valence-electron chi connectivity index (χ4n) is 3.78. The van der Waals surface area contributed by atoms with Gasteiger partial charge in [0.15, 0.2) is 0 Å². The molecule has 1 fully saturated rings. The molecule has 2 heterocycles. The van der Waals surface area contributed by atoms with Crippen LogP contribution in [0.1, 0.15) is 27.7 Å². The van der Waals surface area contributed by atoms with Crippen LogP contribution >= 0.6 is 0 Å². The summed E-state index contributed by atoms with van der Waals surface area (Å²) in [7, 11) is -0.530. The van der Waals surface area contributed by atoms with Gasteiger partial charge < -0.3 is 13.7 Å². The quantitative estimate of drug-likeness (QED) is 0.414. The SMILES string of the molecule is CC1(C)OB(c2ccc(F)c(-c3ccc4oc5ccccc5c4c3)c2)OC1(C)C. The minimum atomic E-state index is -0.530. The molecule has 0 N–H and O–H groups in total. The molecule has 1 aliphatic heterocycles. The first-order valence-electron chi connectivity index (χ1n) is 9.82. The summed E-state index contributed by atoms with van der Waals surface area (Å²) in [6.45, 7) is 8.04. The van der Waals surface area contributed by atoms with E-state index in [9.17, 15) is 4.39 Å². The predicted octanol–water partition coefficient (Wildman–Crippen LogP) is 5.69. The zero-order valence-corrected chi connectivity index (χ0v) is 17.0. The third-order valence-electron chi connectivity index (χ3n) is 6.20. The largest absolute Gasteiger partial charge is 0.494 e. The highest BCUT2D eigenvalue weighted by Gasteiger charge is 2.51. The van der Waals surface area contributed by atoms with Crippen LogP contribution in [-0.2, 0) is 9.31 Å². The van der Waals surface area contributed by atoms with Crippen molar-refractivity contribution in [2.75, 3.05) is 0 Å². The van der Waals surface area contributed by atoms with E-state index in [2.05, 4.69) is 0 Å². The van der Waals surface area contributed by atoms with Crippen LogP contribution in [0.5, 0.6) is 0 Å². The van der Waals surface area contributed by atoms with E-state index >= 15 is 0 Å². The monoisotopic (exact) mass is 388 g/mol. The maximum absolute atomic E-state index is 14.8. The molecule has 1 saturated heterocycles. The van der Waals surface area contributed by atoms with Gasteiger partial charge in [-0.1, -0.05) is 36.4 Å². The Morgan fingerprint density at radius 3 is 2.21 bits per heavy atom. The molecule has 4 aromatic rings. The molecule has 0 bridgehead atoms. The summed E-state index contributed by atoms with van der Waals surface area (Å²) in [5, 5.41) is 1.99. The predicted molar refractivity (Wildman–Crippen MR) is 115 cm³/mol. The number of fused-ring (bicyclic) bond motifs is 3. The van der Waals surface area contributed by atoms with Crippen molar-refractivity contribution in [1.29, 1.82) is 0 Å². The third-order valence-corrected chi connectivity index (χ3v) is 6.20. The number of rotatable bonds is 2. The molecular formula is C24H22BFO3. The zero-order chi connectivity index (χ0) is 20.4. The molecule has 0 aliphatic carbocycles. The van der Waals surface area contributed by atoms with Gasteiger partial charge in [0.05, 0.1) is 11.2 Å². The normalized spacial score (nSPS) is 18.0. The Morgan fingerprint density at radius 1 is 0.759 bits per heavy atom. The topological polar surface area (TPSA) is 31.6 Å². The van der Waals surface area contributed by atoms with E-state index in [-0.39, 0.29) is 5.82 Å². The van der Waals surface area contributed by atoms with Crippen LogP contribution in [0.4, 0.5) is 4.39 Å². The van der Waals surface area contributed by atoms with Crippen molar-refractivity contribution in [3.05, 3.63) is 66.5 Å². The first-order chi connectivity index (χ1) is 13.7. The van der Waals surface area contributed by atoms with Gasteiger partial charge in [-0.25, -0.2) is 4.39 Å². The number of halogens is 1. The van der Waals surface area contributed by atoms with Crippen molar-refractivity contribution >= 4 is 34.5 Å². The Labute approximate surface area is 169 Å². The first kappa shape index (κ1) is 18.4. The molecule has 0 saturated carbocycles. The molecular weight excluding hydrogens is 366 g/mol. The van der Waals surface area contributed by atoms with Crippen molar-refractivity contribution < 1.29 is 18.1 Å². The lowest BCUT2D eigenvalue weighted by Gasteiger charge is -2.32. The van der Waals surface area contributed by atoms with Crippen molar-refractivity contribution in [2.45, 2.75) is 38.9 Å². The van der Waals surface area contributed by atoms with E-state index < -0.39 is 18.3 Å². The molecule has 0 amide bonds. The second-order valence-electron chi connectivity index (χ2n) is 8.64. The summed E-state index contributed by atoms with van der Waals surface area (Å²) in [5.41, 5.74) is 2.84. The van der Waals surface area contributed by atoms with Gasteiger partial charge in [-0.15, -0.1) is 0 Å². The molecule has 1 aliphatic rings. The Morgan fingerprint density at radius 2 is 1.45 bits per heavy atom. The molecule has 146 valence electrons. The van der Waals surface area contributed by atoms with E-state index in [1.54, 1.807) is 6.07 Å². The summed E-state index contributed by atoms with van der Waals surface area (Å²) < 4.78 is 32.9. The smallest absolute Gasteiger partial charge is 0.456 e. The lowest BCUT2D eigenvalue weighted by molar-refractivity contribution is 0.00578. The van der Waals surface area contributed by atoms with Crippen LogP contribution in [-0.4, -0.2) is 18.3 Å². The van der Waals surface area contributed by atoms with Crippen LogP contribution < -0.4 is 5.46 Å². The summed E-state index contributed by atoms with van der Waals surface area (Å²) in [4.78, 5) is 0. The minimum Gasteiger partial charge on any atom is -0.456 e. The fourth-order valence-corrected chi connectivity index (χ4v) is 3.78. The molecule has 0 spiro atoms. The number of benzene rings is 3. The molecule has 0 atom stereocenters. The standard InChI is InChI=1S/C24H22BFO3/c1-23(2)24(3,4)29-25(28-23)16-10-11-20(26)18(14-16)15-9-12-22-19(13-15)17-7-5-6-8-21(17)27-22/h5-14H,1-4H3. The van der Waals surface area contributed by atoms with Crippen molar-refractivity contribution in [2.24, 2.45) is 0 Å². The highest BCUT2D eigenvalue weighted by atomic mass is 19.1. The van der Waals surface area contributed by atoms with E-state index in [0.29, 0.717) is 5.56 Å². The molecule has 0 unspecified atom stereocenters. The lowest BCUT2D eigenvalue weighted by Crippen LogP contribution is -2.41. The fraction of sp³-hybridized carbons (Fsp3) is 0.250. The average molecular weight is 388 g/mol. The maximum Gasteiger partial charge on any atom is 0.494 e. The zero-order valence-electron chi connectivity index (χ0n) is 17.0. The Hall–Kier alpha value is -2.63. The van der Waals surface area contributed by atoms with Gasteiger partial charge in [0.25, 0.3) is 0 Å². The maximum atomic E-state index is 14.8. The summed E-state index contributed by atoms with van der Waals surface area (Å²) in [6, 6.07) is 18.7. The second-order valence-corrected chi connectivity index (χ2v) is 8.64. The molecule has 5 rings (SSSR count). The van der Waals surface area contributed by atoms with Gasteiger partial charge in [0.2, 0.25) is 0 Å². The Balaban J connectivity index is 1.60.